The number of para-hydroxylation sites is 1. The van der Waals surface area contributed by atoms with Crippen LogP contribution < -0.4 is 4.90 Å². The molecule has 2 heteroatoms. The molecule has 0 aliphatic carbocycles. The van der Waals surface area contributed by atoms with Crippen LogP contribution in [-0.2, 0) is 0 Å². The van der Waals surface area contributed by atoms with Crippen molar-refractivity contribution < 1.29 is 0 Å². The number of hydrogen-bond acceptors (Lipinski definition) is 2. The van der Waals surface area contributed by atoms with Crippen LogP contribution in [0.1, 0.15) is 0 Å². The maximum Gasteiger partial charge on any atom is 0.0956 e. The molecule has 2 aromatic carbocycles. The maximum absolute atomic E-state index is 2.22. The minimum absolute atomic E-state index is 1.21. The van der Waals surface area contributed by atoms with E-state index < -0.39 is 0 Å². The fourth-order valence-electron chi connectivity index (χ4n) is 2.04. The van der Waals surface area contributed by atoms with Crippen LogP contribution in [0.2, 0.25) is 0 Å². The van der Waals surface area contributed by atoms with Crippen LogP contribution in [0.5, 0.6) is 0 Å². The molecule has 0 radical (unpaired) electrons. The second kappa shape index (κ2) is 5.29. The van der Waals surface area contributed by atoms with Crippen LogP contribution in [-0.4, -0.2) is 7.05 Å². The van der Waals surface area contributed by atoms with Gasteiger partial charge in [0.1, 0.15) is 0 Å². The van der Waals surface area contributed by atoms with Crippen LogP contribution in [0.25, 0.3) is 10.4 Å². The van der Waals surface area contributed by atoms with Gasteiger partial charge < -0.3 is 4.90 Å². The topological polar surface area (TPSA) is 3.24 Å². The summed E-state index contributed by atoms with van der Waals surface area (Å²) in [4.78, 5) is 3.52. The summed E-state index contributed by atoms with van der Waals surface area (Å²) in [6.45, 7) is 0. The summed E-state index contributed by atoms with van der Waals surface area (Å²) in [5.74, 6) is 0. The summed E-state index contributed by atoms with van der Waals surface area (Å²) in [5, 5.41) is 1.25. The summed E-state index contributed by atoms with van der Waals surface area (Å²) < 4.78 is 0. The van der Waals surface area contributed by atoms with E-state index in [1.54, 1.807) is 0 Å². The molecule has 0 amide bonds. The van der Waals surface area contributed by atoms with Crippen molar-refractivity contribution in [3.05, 3.63) is 72.8 Å². The van der Waals surface area contributed by atoms with Gasteiger partial charge in [-0.3, -0.25) is 0 Å². The lowest BCUT2D eigenvalue weighted by molar-refractivity contribution is 1.24. The highest BCUT2D eigenvalue weighted by molar-refractivity contribution is 7.19. The van der Waals surface area contributed by atoms with Gasteiger partial charge in [0.25, 0.3) is 0 Å². The van der Waals surface area contributed by atoms with Crippen molar-refractivity contribution >= 4 is 22.0 Å². The molecule has 0 bridgehead atoms. The van der Waals surface area contributed by atoms with E-state index in [0.717, 1.165) is 0 Å². The third-order valence-electron chi connectivity index (χ3n) is 3.12. The van der Waals surface area contributed by atoms with Gasteiger partial charge in [-0.2, -0.15) is 0 Å². The van der Waals surface area contributed by atoms with E-state index in [1.165, 1.54) is 21.1 Å². The highest BCUT2D eigenvalue weighted by atomic mass is 32.1. The molecule has 0 aliphatic rings. The van der Waals surface area contributed by atoms with Crippen LogP contribution >= 0.6 is 11.3 Å². The van der Waals surface area contributed by atoms with Crippen molar-refractivity contribution in [2.75, 3.05) is 11.9 Å². The lowest BCUT2D eigenvalue weighted by Gasteiger charge is -2.16. The molecule has 19 heavy (non-hydrogen) atoms. The molecule has 94 valence electrons. The number of nitrogens with zero attached hydrogens (tertiary/aromatic N) is 1. The summed E-state index contributed by atoms with van der Waals surface area (Å²) in [6.07, 6.45) is 0. The minimum Gasteiger partial charge on any atom is -0.336 e. The molecule has 0 aliphatic heterocycles. The van der Waals surface area contributed by atoms with Crippen molar-refractivity contribution in [1.29, 1.82) is 0 Å². The summed E-state index contributed by atoms with van der Waals surface area (Å²) in [6, 6.07) is 25.3. The molecule has 3 rings (SSSR count). The number of thiophene rings is 1. The Bertz CT molecular complexity index is 643. The van der Waals surface area contributed by atoms with Gasteiger partial charge in [-0.1, -0.05) is 48.5 Å². The van der Waals surface area contributed by atoms with E-state index in [0.29, 0.717) is 0 Å². The molecule has 0 saturated carbocycles. The second-order valence-electron chi connectivity index (χ2n) is 4.40. The molecular formula is C17H15NS. The number of benzene rings is 2. The van der Waals surface area contributed by atoms with E-state index >= 15 is 0 Å². The van der Waals surface area contributed by atoms with Crippen molar-refractivity contribution in [1.82, 2.24) is 0 Å². The largest absolute Gasteiger partial charge is 0.336 e. The average Bonchev–Trinajstić information content (AvgIpc) is 2.98. The van der Waals surface area contributed by atoms with E-state index in [-0.39, 0.29) is 0 Å². The highest BCUT2D eigenvalue weighted by Crippen LogP contribution is 2.35. The number of hydrogen-bond donors (Lipinski definition) is 0. The molecular weight excluding hydrogens is 250 g/mol. The molecule has 1 heterocycles. The first kappa shape index (κ1) is 12.0. The summed E-state index contributed by atoms with van der Waals surface area (Å²) >= 11 is 1.81. The third kappa shape index (κ3) is 2.54. The summed E-state index contributed by atoms with van der Waals surface area (Å²) in [5.41, 5.74) is 2.49. The maximum atomic E-state index is 2.22. The Kier molecular flexibility index (Phi) is 3.34. The first-order valence-electron chi connectivity index (χ1n) is 6.28. The molecule has 1 aromatic heterocycles. The molecule has 0 N–H and O–H groups in total. The molecule has 3 aromatic rings. The van der Waals surface area contributed by atoms with Gasteiger partial charge in [0.2, 0.25) is 0 Å². The van der Waals surface area contributed by atoms with Crippen molar-refractivity contribution in [2.45, 2.75) is 0 Å². The Labute approximate surface area is 117 Å². The zero-order chi connectivity index (χ0) is 13.1. The predicted octanol–water partition coefficient (Wildman–Crippen LogP) is 5.18. The van der Waals surface area contributed by atoms with Gasteiger partial charge in [-0.25, -0.2) is 0 Å². The third-order valence-corrected chi connectivity index (χ3v) is 4.33. The predicted molar refractivity (Wildman–Crippen MR) is 84.3 cm³/mol. The first-order chi connectivity index (χ1) is 9.34. The smallest absolute Gasteiger partial charge is 0.0956 e. The zero-order valence-corrected chi connectivity index (χ0v) is 11.6. The van der Waals surface area contributed by atoms with Crippen LogP contribution in [0.4, 0.5) is 10.7 Å². The van der Waals surface area contributed by atoms with Crippen LogP contribution in [0, 0.1) is 0 Å². The Morgan fingerprint density at radius 1 is 0.737 bits per heavy atom. The zero-order valence-electron chi connectivity index (χ0n) is 10.8. The minimum atomic E-state index is 1.21. The fourth-order valence-corrected chi connectivity index (χ4v) is 3.04. The van der Waals surface area contributed by atoms with Gasteiger partial charge in [0, 0.05) is 17.6 Å². The number of anilines is 2. The van der Waals surface area contributed by atoms with Crippen molar-refractivity contribution in [3.63, 3.8) is 0 Å². The molecule has 1 nitrogen and oxygen atoms in total. The lowest BCUT2D eigenvalue weighted by atomic mass is 10.2. The quantitative estimate of drug-likeness (QED) is 0.630. The monoisotopic (exact) mass is 265 g/mol. The fraction of sp³-hybridized carbons (Fsp3) is 0.0588. The van der Waals surface area contributed by atoms with Crippen molar-refractivity contribution in [3.8, 4) is 10.4 Å². The van der Waals surface area contributed by atoms with Gasteiger partial charge in [0.05, 0.1) is 5.00 Å². The van der Waals surface area contributed by atoms with Gasteiger partial charge in [0.15, 0.2) is 0 Å². The lowest BCUT2D eigenvalue weighted by Crippen LogP contribution is -2.06. The van der Waals surface area contributed by atoms with E-state index in [4.69, 9.17) is 0 Å². The van der Waals surface area contributed by atoms with Crippen LogP contribution in [0.3, 0.4) is 0 Å². The second-order valence-corrected chi connectivity index (χ2v) is 5.46. The van der Waals surface area contributed by atoms with Gasteiger partial charge in [-0.05, 0) is 29.8 Å². The molecule has 0 fully saturated rings. The highest BCUT2D eigenvalue weighted by Gasteiger charge is 2.07. The SMILES string of the molecule is CN(c1ccccc1)c1ccc(-c2ccccc2)s1. The normalized spacial score (nSPS) is 10.4. The molecule has 0 unspecified atom stereocenters. The molecule has 0 spiro atoms. The van der Waals surface area contributed by atoms with E-state index in [1.807, 2.05) is 23.5 Å². The molecule has 0 saturated heterocycles. The van der Waals surface area contributed by atoms with Crippen molar-refractivity contribution in [2.24, 2.45) is 0 Å². The Morgan fingerprint density at radius 2 is 1.37 bits per heavy atom. The molecule has 0 atom stereocenters. The van der Waals surface area contributed by atoms with Gasteiger partial charge in [-0.15, -0.1) is 11.3 Å². The van der Waals surface area contributed by atoms with E-state index in [9.17, 15) is 0 Å². The first-order valence-corrected chi connectivity index (χ1v) is 7.10. The summed E-state index contributed by atoms with van der Waals surface area (Å²) in [7, 11) is 2.11. The Balaban J connectivity index is 1.90. The van der Waals surface area contributed by atoms with Crippen LogP contribution in [0.15, 0.2) is 72.8 Å². The number of rotatable bonds is 3. The standard InChI is InChI=1S/C17H15NS/c1-18(15-10-6-3-7-11-15)17-13-12-16(19-17)14-8-4-2-5-9-14/h2-13H,1H3. The van der Waals surface area contributed by atoms with Gasteiger partial charge >= 0.3 is 0 Å². The average molecular weight is 265 g/mol. The van der Waals surface area contributed by atoms with E-state index in [2.05, 4.69) is 72.6 Å². The Morgan fingerprint density at radius 3 is 2.05 bits per heavy atom. The Hall–Kier alpha value is -2.06.